The molecule has 1 aliphatic heterocycles. The second-order valence-electron chi connectivity index (χ2n) is 17.2. The summed E-state index contributed by atoms with van der Waals surface area (Å²) < 4.78 is 8.75. The average Bonchev–Trinajstić information content (AvgIpc) is 3.67. The number of aromatic nitrogens is 2. The molecular weight excluding hydrogens is 863 g/mol. The van der Waals surface area contributed by atoms with Crippen LogP contribution in [-0.4, -0.2) is 9.55 Å². The Kier molecular flexibility index (Phi) is 10.6. The second kappa shape index (κ2) is 14.6. The first-order chi connectivity index (χ1) is 25.1. The van der Waals surface area contributed by atoms with E-state index in [-0.39, 0.29) is 42.0 Å². The monoisotopic (exact) mass is 910 g/mol. The van der Waals surface area contributed by atoms with Crippen molar-refractivity contribution in [1.82, 2.24) is 9.55 Å². The Bertz CT molecular complexity index is 2470. The van der Waals surface area contributed by atoms with Crippen LogP contribution in [0.1, 0.15) is 79.0 Å². The molecule has 0 amide bonds. The topological polar surface area (TPSA) is 33.5 Å². The first kappa shape index (κ1) is 39.8. The molecule has 0 spiro atoms. The summed E-state index contributed by atoms with van der Waals surface area (Å²) in [5.41, 5.74) is 10.1. The van der Waals surface area contributed by atoms with E-state index in [1.807, 2.05) is 24.4 Å². The minimum absolute atomic E-state index is 0. The van der Waals surface area contributed by atoms with Gasteiger partial charge in [0.2, 0.25) is 0 Å². The fourth-order valence-electron chi connectivity index (χ4n) is 7.06. The molecule has 0 bridgehead atoms. The number of pyridine rings is 1. The number of para-hydroxylation sites is 3. The Labute approximate surface area is 339 Å². The fourth-order valence-corrected chi connectivity index (χ4v) is 7.06. The van der Waals surface area contributed by atoms with Crippen LogP contribution < -0.4 is 14.5 Å². The van der Waals surface area contributed by atoms with E-state index in [1.54, 1.807) is 0 Å². The standard InChI is InChI=1S/C48H47N4O.FH.Pt/c1-46(2,3)32-23-24-49-45(28-32)52-41-18-11-10-17-39(41)40-22-21-38(30-44(40)52)53-37-16-14-15-35(29-37)50-31-51(43-20-13-12-19-42(43)50)36-26-33(47(4,5)6)25-34(27-36)48(7,8)9;;/h10-28,31H,1-9H3;1H;/q-3;;. The van der Waals surface area contributed by atoms with Gasteiger partial charge in [-0.3, -0.25) is 4.70 Å². The van der Waals surface area contributed by atoms with E-state index < -0.39 is 0 Å². The molecule has 2 aromatic heterocycles. The van der Waals surface area contributed by atoms with Gasteiger partial charge >= 0.3 is 0 Å². The van der Waals surface area contributed by atoms with Crippen molar-refractivity contribution in [3.63, 3.8) is 0 Å². The largest absolute Gasteiger partial charge is 0.509 e. The molecule has 0 unspecified atom stereocenters. The average molecular weight is 911 g/mol. The van der Waals surface area contributed by atoms with Crippen molar-refractivity contribution >= 4 is 44.6 Å². The van der Waals surface area contributed by atoms with Crippen molar-refractivity contribution in [3.8, 4) is 17.3 Å². The number of rotatable bonds is 5. The van der Waals surface area contributed by atoms with E-state index in [1.165, 1.54) is 16.7 Å². The fraction of sp³-hybridized carbons (Fsp3) is 0.250. The number of nitrogens with zero attached hydrogens (tertiary/aromatic N) is 4. The molecule has 0 aliphatic carbocycles. The SMILES string of the molecule is CC(C)(C)c1cc(N2[CH-]N(c3[c-]c(Oc4[c-]c5c(cc4)c4ccccc4n5-c4cc(C(C)(C)C)ccn4)ccc3)c3ccccc32)cc(C(C)(C)C)c1.F.[Pt]. The van der Waals surface area contributed by atoms with Crippen LogP contribution in [0.25, 0.3) is 27.6 Å². The van der Waals surface area contributed by atoms with Crippen molar-refractivity contribution in [2.45, 2.75) is 78.6 Å². The molecule has 0 fully saturated rings. The van der Waals surface area contributed by atoms with Crippen molar-refractivity contribution in [2.24, 2.45) is 0 Å². The van der Waals surface area contributed by atoms with Gasteiger partial charge in [-0.2, -0.15) is 12.1 Å². The number of fused-ring (bicyclic) bond motifs is 4. The molecule has 5 aromatic carbocycles. The normalized spacial score (nSPS) is 13.1. The molecule has 3 heterocycles. The van der Waals surface area contributed by atoms with Gasteiger partial charge in [0.25, 0.3) is 0 Å². The van der Waals surface area contributed by atoms with Gasteiger partial charge in [0.05, 0.1) is 0 Å². The third-order valence-corrected chi connectivity index (χ3v) is 10.2. The zero-order valence-electron chi connectivity index (χ0n) is 33.0. The smallest absolute Gasteiger partial charge is 0.135 e. The summed E-state index contributed by atoms with van der Waals surface area (Å²) >= 11 is 0. The minimum Gasteiger partial charge on any atom is -0.509 e. The molecule has 0 atom stereocenters. The van der Waals surface area contributed by atoms with E-state index in [2.05, 4.69) is 186 Å². The number of ether oxygens (including phenoxy) is 1. The molecule has 0 N–H and O–H groups in total. The Morgan fingerprint density at radius 3 is 1.87 bits per heavy atom. The van der Waals surface area contributed by atoms with E-state index in [4.69, 9.17) is 9.72 Å². The van der Waals surface area contributed by atoms with E-state index in [0.717, 1.165) is 50.4 Å². The Morgan fingerprint density at radius 1 is 0.582 bits per heavy atom. The third kappa shape index (κ3) is 7.54. The van der Waals surface area contributed by atoms with E-state index in [0.29, 0.717) is 11.5 Å². The Balaban J connectivity index is 0.00000257. The van der Waals surface area contributed by atoms with Gasteiger partial charge in [-0.25, -0.2) is 4.98 Å². The molecular formula is C48H48FN4OPt-3. The predicted octanol–water partition coefficient (Wildman–Crippen LogP) is 13.0. The Morgan fingerprint density at radius 2 is 1.20 bits per heavy atom. The maximum Gasteiger partial charge on any atom is 0.135 e. The maximum absolute atomic E-state index is 6.56. The van der Waals surface area contributed by atoms with Gasteiger partial charge in [-0.15, -0.1) is 48.1 Å². The second-order valence-corrected chi connectivity index (χ2v) is 17.2. The molecule has 0 saturated heterocycles. The molecule has 286 valence electrons. The number of anilines is 4. The van der Waals surface area contributed by atoms with Crippen LogP contribution in [0.5, 0.6) is 11.5 Å². The summed E-state index contributed by atoms with van der Waals surface area (Å²) in [4.78, 5) is 9.32. The van der Waals surface area contributed by atoms with Crippen LogP contribution in [0.2, 0.25) is 0 Å². The summed E-state index contributed by atoms with van der Waals surface area (Å²) in [6.07, 6.45) is 1.90. The summed E-state index contributed by atoms with van der Waals surface area (Å²) in [5, 5.41) is 2.25. The van der Waals surface area contributed by atoms with E-state index >= 15 is 0 Å². The van der Waals surface area contributed by atoms with Crippen molar-refractivity contribution in [2.75, 3.05) is 9.80 Å². The molecule has 7 aromatic rings. The molecule has 7 heteroatoms. The third-order valence-electron chi connectivity index (χ3n) is 10.2. The van der Waals surface area contributed by atoms with Crippen LogP contribution in [-0.2, 0) is 37.3 Å². The van der Waals surface area contributed by atoms with Gasteiger partial charge in [0, 0.05) is 61.3 Å². The summed E-state index contributed by atoms with van der Waals surface area (Å²) in [7, 11) is 0. The zero-order valence-corrected chi connectivity index (χ0v) is 35.2. The minimum atomic E-state index is -0.00850. The summed E-state index contributed by atoms with van der Waals surface area (Å²) in [6, 6.07) is 45.6. The van der Waals surface area contributed by atoms with Crippen molar-refractivity contribution in [3.05, 3.63) is 151 Å². The number of halogens is 1. The van der Waals surface area contributed by atoms with Crippen LogP contribution in [0.3, 0.4) is 0 Å². The molecule has 0 saturated carbocycles. The van der Waals surface area contributed by atoms with E-state index in [9.17, 15) is 0 Å². The van der Waals surface area contributed by atoms with Crippen LogP contribution >= 0.6 is 0 Å². The zero-order chi connectivity index (χ0) is 37.3. The maximum atomic E-state index is 6.56. The van der Waals surface area contributed by atoms with Crippen LogP contribution in [0.15, 0.2) is 115 Å². The summed E-state index contributed by atoms with van der Waals surface area (Å²) in [6.45, 7) is 22.5. The molecule has 55 heavy (non-hydrogen) atoms. The van der Waals surface area contributed by atoms with Gasteiger partial charge in [-0.1, -0.05) is 104 Å². The Hall–Kier alpha value is -4.93. The van der Waals surface area contributed by atoms with Gasteiger partial charge in [-0.05, 0) is 80.8 Å². The predicted molar refractivity (Wildman–Crippen MR) is 223 cm³/mol. The first-order valence-corrected chi connectivity index (χ1v) is 18.5. The van der Waals surface area contributed by atoms with Crippen LogP contribution in [0, 0.1) is 18.8 Å². The van der Waals surface area contributed by atoms with Crippen molar-refractivity contribution in [1.29, 1.82) is 0 Å². The quantitative estimate of drug-likeness (QED) is 0.161. The van der Waals surface area contributed by atoms with Gasteiger partial charge < -0.3 is 19.1 Å². The number of benzene rings is 5. The first-order valence-electron chi connectivity index (χ1n) is 18.5. The molecule has 5 nitrogen and oxygen atoms in total. The molecule has 0 radical (unpaired) electrons. The molecule has 8 rings (SSSR count). The number of hydrogen-bond acceptors (Lipinski definition) is 4. The van der Waals surface area contributed by atoms with Crippen LogP contribution in [0.4, 0.5) is 27.5 Å². The number of hydrogen-bond donors (Lipinski definition) is 0. The van der Waals surface area contributed by atoms with Gasteiger partial charge in [0.15, 0.2) is 0 Å². The van der Waals surface area contributed by atoms with Crippen molar-refractivity contribution < 1.29 is 30.5 Å². The molecule has 1 aliphatic rings. The van der Waals surface area contributed by atoms with Gasteiger partial charge in [0.1, 0.15) is 5.82 Å². The summed E-state index contributed by atoms with van der Waals surface area (Å²) in [5.74, 6) is 2.09.